The Bertz CT molecular complexity index is 274. The highest BCUT2D eigenvalue weighted by Gasteiger charge is 2.53. The predicted molar refractivity (Wildman–Crippen MR) is 78.0 cm³/mol. The topological polar surface area (TPSA) is 24.5 Å². The Balaban J connectivity index is 2.89. The van der Waals surface area contributed by atoms with E-state index in [-0.39, 0.29) is 11.2 Å². The molecule has 2 atom stereocenters. The molecular formula is C15H32N2O. The Kier molecular flexibility index (Phi) is 4.85. The van der Waals surface area contributed by atoms with Gasteiger partial charge in [0.1, 0.15) is 0 Å². The molecule has 1 N–H and O–H groups in total. The highest BCUT2D eigenvalue weighted by molar-refractivity contribution is 5.06. The smallest absolute Gasteiger partial charge is 0.0790 e. The molecule has 18 heavy (non-hydrogen) atoms. The van der Waals surface area contributed by atoms with E-state index in [1.54, 1.807) is 0 Å². The van der Waals surface area contributed by atoms with E-state index in [4.69, 9.17) is 4.74 Å². The Morgan fingerprint density at radius 2 is 1.72 bits per heavy atom. The summed E-state index contributed by atoms with van der Waals surface area (Å²) in [6.07, 6.45) is 0. The zero-order chi connectivity index (χ0) is 14.1. The second kappa shape index (κ2) is 5.48. The van der Waals surface area contributed by atoms with E-state index in [9.17, 15) is 0 Å². The molecular weight excluding hydrogens is 224 g/mol. The minimum absolute atomic E-state index is 0.0700. The van der Waals surface area contributed by atoms with Gasteiger partial charge in [-0.2, -0.15) is 0 Å². The van der Waals surface area contributed by atoms with Crippen molar-refractivity contribution >= 4 is 0 Å². The van der Waals surface area contributed by atoms with Gasteiger partial charge in [-0.05, 0) is 55.1 Å². The SMILES string of the molecule is CCNC1C(CN(C)C(C)C)C(C)(C)OC1(C)C. The van der Waals surface area contributed by atoms with E-state index in [1.807, 2.05) is 0 Å². The first-order valence-electron chi connectivity index (χ1n) is 7.25. The zero-order valence-electron chi connectivity index (χ0n) is 13.5. The van der Waals surface area contributed by atoms with Crippen LogP contribution in [0.4, 0.5) is 0 Å². The van der Waals surface area contributed by atoms with E-state index in [0.29, 0.717) is 18.0 Å². The summed E-state index contributed by atoms with van der Waals surface area (Å²) < 4.78 is 6.31. The summed E-state index contributed by atoms with van der Waals surface area (Å²) in [7, 11) is 2.20. The number of nitrogens with one attached hydrogen (secondary N) is 1. The molecule has 0 amide bonds. The van der Waals surface area contributed by atoms with Crippen molar-refractivity contribution < 1.29 is 4.74 Å². The second-order valence-electron chi connectivity index (χ2n) is 6.98. The molecule has 3 heteroatoms. The van der Waals surface area contributed by atoms with Gasteiger partial charge in [-0.15, -0.1) is 0 Å². The van der Waals surface area contributed by atoms with Crippen molar-refractivity contribution in [2.24, 2.45) is 5.92 Å². The number of nitrogens with zero attached hydrogens (tertiary/aromatic N) is 1. The average Bonchev–Trinajstić information content (AvgIpc) is 2.36. The van der Waals surface area contributed by atoms with Crippen LogP contribution >= 0.6 is 0 Å². The van der Waals surface area contributed by atoms with Crippen LogP contribution in [0.1, 0.15) is 48.5 Å². The minimum Gasteiger partial charge on any atom is -0.368 e. The standard InChI is InChI=1S/C15H32N2O/c1-9-16-13-12(10-17(8)11(2)3)14(4,5)18-15(13,6)7/h11-13,16H,9-10H2,1-8H3. The number of ether oxygens (including phenoxy) is 1. The van der Waals surface area contributed by atoms with Crippen molar-refractivity contribution in [2.45, 2.75) is 71.8 Å². The molecule has 0 aromatic heterocycles. The van der Waals surface area contributed by atoms with E-state index in [2.05, 4.69) is 65.7 Å². The molecule has 0 radical (unpaired) electrons. The van der Waals surface area contributed by atoms with Crippen molar-refractivity contribution in [2.75, 3.05) is 20.1 Å². The summed E-state index contributed by atoms with van der Waals surface area (Å²) in [5, 5.41) is 3.63. The summed E-state index contributed by atoms with van der Waals surface area (Å²) in [4.78, 5) is 2.42. The maximum atomic E-state index is 6.31. The molecule has 1 aliphatic rings. The molecule has 0 aromatic rings. The van der Waals surface area contributed by atoms with Crippen molar-refractivity contribution in [1.29, 1.82) is 0 Å². The molecule has 0 spiro atoms. The monoisotopic (exact) mass is 256 g/mol. The molecule has 0 aliphatic carbocycles. The summed E-state index contributed by atoms with van der Waals surface area (Å²) in [6, 6.07) is 0.991. The third kappa shape index (κ3) is 3.25. The van der Waals surface area contributed by atoms with Gasteiger partial charge in [0.2, 0.25) is 0 Å². The summed E-state index contributed by atoms with van der Waals surface area (Å²) in [5.74, 6) is 0.514. The Hall–Kier alpha value is -0.120. The lowest BCUT2D eigenvalue weighted by Gasteiger charge is -2.34. The minimum atomic E-state index is -0.0952. The summed E-state index contributed by atoms with van der Waals surface area (Å²) in [6.45, 7) is 17.6. The maximum absolute atomic E-state index is 6.31. The Labute approximate surface area is 113 Å². The molecule has 1 heterocycles. The fraction of sp³-hybridized carbons (Fsp3) is 1.00. The van der Waals surface area contributed by atoms with Crippen molar-refractivity contribution in [3.63, 3.8) is 0 Å². The van der Waals surface area contributed by atoms with E-state index in [0.717, 1.165) is 13.1 Å². The van der Waals surface area contributed by atoms with Crippen LogP contribution in [0.15, 0.2) is 0 Å². The van der Waals surface area contributed by atoms with Crippen molar-refractivity contribution in [1.82, 2.24) is 10.2 Å². The van der Waals surface area contributed by atoms with Crippen molar-refractivity contribution in [3.8, 4) is 0 Å². The first-order valence-corrected chi connectivity index (χ1v) is 7.25. The Morgan fingerprint density at radius 3 is 2.17 bits per heavy atom. The highest BCUT2D eigenvalue weighted by Crippen LogP contribution is 2.42. The molecule has 0 saturated carbocycles. The molecule has 1 aliphatic heterocycles. The van der Waals surface area contributed by atoms with Crippen LogP contribution in [-0.2, 0) is 4.74 Å². The van der Waals surface area contributed by atoms with Gasteiger partial charge in [-0.25, -0.2) is 0 Å². The van der Waals surface area contributed by atoms with Gasteiger partial charge in [0, 0.05) is 24.5 Å². The molecule has 1 rings (SSSR count). The number of hydrogen-bond acceptors (Lipinski definition) is 3. The lowest BCUT2D eigenvalue weighted by molar-refractivity contribution is -0.0796. The fourth-order valence-corrected chi connectivity index (χ4v) is 3.16. The lowest BCUT2D eigenvalue weighted by atomic mass is 9.82. The van der Waals surface area contributed by atoms with Gasteiger partial charge in [-0.3, -0.25) is 0 Å². The van der Waals surface area contributed by atoms with Gasteiger partial charge < -0.3 is 15.0 Å². The molecule has 0 bridgehead atoms. The first kappa shape index (κ1) is 15.9. The van der Waals surface area contributed by atoms with Gasteiger partial charge in [0.15, 0.2) is 0 Å². The van der Waals surface area contributed by atoms with Crippen LogP contribution in [-0.4, -0.2) is 48.3 Å². The van der Waals surface area contributed by atoms with E-state index in [1.165, 1.54) is 0 Å². The maximum Gasteiger partial charge on any atom is 0.0790 e. The lowest BCUT2D eigenvalue weighted by Crippen LogP contribution is -2.51. The van der Waals surface area contributed by atoms with Crippen LogP contribution in [0.5, 0.6) is 0 Å². The summed E-state index contributed by atoms with van der Waals surface area (Å²) in [5.41, 5.74) is -0.165. The Morgan fingerprint density at radius 1 is 1.17 bits per heavy atom. The largest absolute Gasteiger partial charge is 0.368 e. The van der Waals surface area contributed by atoms with Gasteiger partial charge in [0.05, 0.1) is 11.2 Å². The second-order valence-corrected chi connectivity index (χ2v) is 6.98. The van der Waals surface area contributed by atoms with Gasteiger partial charge in [-0.1, -0.05) is 6.92 Å². The third-order valence-corrected chi connectivity index (χ3v) is 4.36. The molecule has 0 aromatic carbocycles. The molecule has 2 unspecified atom stereocenters. The normalized spacial score (nSPS) is 30.3. The molecule has 1 saturated heterocycles. The van der Waals surface area contributed by atoms with E-state index < -0.39 is 0 Å². The van der Waals surface area contributed by atoms with Gasteiger partial charge >= 0.3 is 0 Å². The van der Waals surface area contributed by atoms with E-state index >= 15 is 0 Å². The number of rotatable bonds is 5. The molecule has 1 fully saturated rings. The predicted octanol–water partition coefficient (Wildman–Crippen LogP) is 2.51. The van der Waals surface area contributed by atoms with Crippen LogP contribution in [0, 0.1) is 5.92 Å². The average molecular weight is 256 g/mol. The first-order chi connectivity index (χ1) is 8.12. The highest BCUT2D eigenvalue weighted by atomic mass is 16.5. The quantitative estimate of drug-likeness (QED) is 0.818. The van der Waals surface area contributed by atoms with Crippen molar-refractivity contribution in [3.05, 3.63) is 0 Å². The van der Waals surface area contributed by atoms with Crippen LogP contribution < -0.4 is 5.32 Å². The van der Waals surface area contributed by atoms with Crippen LogP contribution in [0.3, 0.4) is 0 Å². The molecule has 108 valence electrons. The van der Waals surface area contributed by atoms with Crippen LogP contribution in [0.2, 0.25) is 0 Å². The number of likely N-dealkylation sites (N-methyl/N-ethyl adjacent to an activating group) is 1. The fourth-order valence-electron chi connectivity index (χ4n) is 3.16. The molecule has 3 nitrogen and oxygen atoms in total. The van der Waals surface area contributed by atoms with Crippen LogP contribution in [0.25, 0.3) is 0 Å². The summed E-state index contributed by atoms with van der Waals surface area (Å²) >= 11 is 0. The van der Waals surface area contributed by atoms with Gasteiger partial charge in [0.25, 0.3) is 0 Å². The zero-order valence-corrected chi connectivity index (χ0v) is 13.5. The third-order valence-electron chi connectivity index (χ3n) is 4.36. The number of hydrogen-bond donors (Lipinski definition) is 1.